The van der Waals surface area contributed by atoms with E-state index in [1.165, 1.54) is 11.3 Å². The summed E-state index contributed by atoms with van der Waals surface area (Å²) in [5.74, 6) is 0.733. The van der Waals surface area contributed by atoms with Crippen LogP contribution in [0.1, 0.15) is 59.3 Å². The van der Waals surface area contributed by atoms with E-state index in [2.05, 4.69) is 20.6 Å². The molecule has 3 aromatic rings. The van der Waals surface area contributed by atoms with Crippen LogP contribution >= 0.6 is 23.7 Å². The van der Waals surface area contributed by atoms with Crippen molar-refractivity contribution in [2.24, 2.45) is 12.8 Å². The SMILES string of the molecule is Cc1nn(C)c2sc(C(=O)NC(C)c3nc(C4(N)CCC4)no3)cc12.Cl. The molecule has 10 heteroatoms. The summed E-state index contributed by atoms with van der Waals surface area (Å²) in [6.07, 6.45) is 2.80. The Morgan fingerprint density at radius 1 is 1.50 bits per heavy atom. The van der Waals surface area contributed by atoms with Crippen LogP contribution in [0.15, 0.2) is 10.6 Å². The van der Waals surface area contributed by atoms with Crippen molar-refractivity contribution in [3.05, 3.63) is 28.4 Å². The molecule has 0 aliphatic heterocycles. The third-order valence-corrected chi connectivity index (χ3v) is 5.97. The molecular formula is C16H21ClN6O2S. The summed E-state index contributed by atoms with van der Waals surface area (Å²) in [7, 11) is 1.87. The first kappa shape index (κ1) is 18.8. The molecule has 1 aliphatic rings. The molecule has 1 unspecified atom stereocenters. The highest BCUT2D eigenvalue weighted by atomic mass is 35.5. The van der Waals surface area contributed by atoms with E-state index in [4.69, 9.17) is 10.3 Å². The van der Waals surface area contributed by atoms with E-state index in [-0.39, 0.29) is 24.4 Å². The molecule has 1 saturated carbocycles. The number of aryl methyl sites for hydroxylation is 2. The van der Waals surface area contributed by atoms with E-state index >= 15 is 0 Å². The van der Waals surface area contributed by atoms with Crippen molar-refractivity contribution < 1.29 is 9.32 Å². The van der Waals surface area contributed by atoms with Crippen molar-refractivity contribution in [3.63, 3.8) is 0 Å². The first-order valence-corrected chi connectivity index (χ1v) is 9.06. The molecule has 3 N–H and O–H groups in total. The smallest absolute Gasteiger partial charge is 0.262 e. The van der Waals surface area contributed by atoms with Crippen molar-refractivity contribution in [3.8, 4) is 0 Å². The number of hydrogen-bond acceptors (Lipinski definition) is 7. The molecule has 1 atom stereocenters. The van der Waals surface area contributed by atoms with Crippen molar-refractivity contribution in [2.45, 2.75) is 44.7 Å². The summed E-state index contributed by atoms with van der Waals surface area (Å²) in [5.41, 5.74) is 6.65. The first-order valence-electron chi connectivity index (χ1n) is 8.24. The maximum atomic E-state index is 12.5. The number of amides is 1. The van der Waals surface area contributed by atoms with E-state index in [1.54, 1.807) is 4.68 Å². The zero-order chi connectivity index (χ0) is 17.8. The van der Waals surface area contributed by atoms with Crippen LogP contribution in [0, 0.1) is 6.92 Å². The Morgan fingerprint density at radius 2 is 2.23 bits per heavy atom. The average molecular weight is 397 g/mol. The van der Waals surface area contributed by atoms with Gasteiger partial charge in [0.1, 0.15) is 10.9 Å². The summed E-state index contributed by atoms with van der Waals surface area (Å²) in [6.45, 7) is 3.75. The number of carbonyl (C=O) groups excluding carboxylic acids is 1. The minimum atomic E-state index is -0.471. The van der Waals surface area contributed by atoms with E-state index in [0.29, 0.717) is 16.6 Å². The van der Waals surface area contributed by atoms with E-state index < -0.39 is 5.54 Å². The third-order valence-electron chi connectivity index (χ3n) is 4.77. The van der Waals surface area contributed by atoms with Gasteiger partial charge in [-0.05, 0) is 39.2 Å². The summed E-state index contributed by atoms with van der Waals surface area (Å²) in [6, 6.07) is 1.48. The molecule has 8 nitrogen and oxygen atoms in total. The minimum Gasteiger partial charge on any atom is -0.340 e. The molecule has 0 saturated heterocycles. The summed E-state index contributed by atoms with van der Waals surface area (Å²) < 4.78 is 7.09. The third kappa shape index (κ3) is 3.00. The number of halogens is 1. The normalized spacial score (nSPS) is 16.8. The van der Waals surface area contributed by atoms with Crippen LogP contribution in [0.4, 0.5) is 0 Å². The second kappa shape index (κ2) is 6.64. The molecule has 26 heavy (non-hydrogen) atoms. The molecule has 140 valence electrons. The molecule has 0 aromatic carbocycles. The van der Waals surface area contributed by atoms with Crippen LogP contribution in [0.5, 0.6) is 0 Å². The van der Waals surface area contributed by atoms with Crippen LogP contribution in [0.3, 0.4) is 0 Å². The van der Waals surface area contributed by atoms with Gasteiger partial charge in [-0.25, -0.2) is 0 Å². The fraction of sp³-hybridized carbons (Fsp3) is 0.500. The quantitative estimate of drug-likeness (QED) is 0.700. The van der Waals surface area contributed by atoms with Gasteiger partial charge in [-0.3, -0.25) is 9.48 Å². The molecule has 1 aliphatic carbocycles. The number of nitrogens with zero attached hydrogens (tertiary/aromatic N) is 4. The average Bonchev–Trinajstić information content (AvgIpc) is 3.23. The lowest BCUT2D eigenvalue weighted by molar-refractivity contribution is 0.0936. The lowest BCUT2D eigenvalue weighted by Crippen LogP contribution is -2.44. The molecule has 1 fully saturated rings. The van der Waals surface area contributed by atoms with Crippen molar-refractivity contribution in [1.29, 1.82) is 0 Å². The van der Waals surface area contributed by atoms with Gasteiger partial charge in [0, 0.05) is 12.4 Å². The second-order valence-corrected chi connectivity index (χ2v) is 7.73. The van der Waals surface area contributed by atoms with Gasteiger partial charge in [0.25, 0.3) is 5.91 Å². The number of rotatable bonds is 4. The maximum Gasteiger partial charge on any atom is 0.262 e. The highest BCUT2D eigenvalue weighted by Gasteiger charge is 2.39. The molecule has 0 spiro atoms. The van der Waals surface area contributed by atoms with Gasteiger partial charge in [-0.2, -0.15) is 10.1 Å². The van der Waals surface area contributed by atoms with Gasteiger partial charge in [-0.1, -0.05) is 5.16 Å². The van der Waals surface area contributed by atoms with Crippen LogP contribution in [-0.2, 0) is 12.6 Å². The molecule has 3 heterocycles. The molecule has 1 amide bonds. The van der Waals surface area contributed by atoms with Gasteiger partial charge in [0.05, 0.1) is 16.1 Å². The number of aromatic nitrogens is 4. The van der Waals surface area contributed by atoms with Crippen LogP contribution < -0.4 is 11.1 Å². The standard InChI is InChI=1S/C16H20N6O2S.ClH/c1-8-10-7-11(25-14(10)22(3)20-8)12(23)18-9(2)13-19-15(21-24-13)16(17)5-4-6-16;/h7,9H,4-6,17H2,1-3H3,(H,18,23);1H. The predicted molar refractivity (Wildman–Crippen MR) is 100 cm³/mol. The van der Waals surface area contributed by atoms with Crippen molar-refractivity contribution in [2.75, 3.05) is 0 Å². The van der Waals surface area contributed by atoms with Crippen LogP contribution in [0.25, 0.3) is 10.2 Å². The highest BCUT2D eigenvalue weighted by molar-refractivity contribution is 7.20. The lowest BCUT2D eigenvalue weighted by atomic mass is 9.77. The van der Waals surface area contributed by atoms with E-state index in [0.717, 1.165) is 35.2 Å². The monoisotopic (exact) mass is 396 g/mol. The lowest BCUT2D eigenvalue weighted by Gasteiger charge is -2.34. The number of carbonyl (C=O) groups is 1. The zero-order valence-electron chi connectivity index (χ0n) is 14.8. The van der Waals surface area contributed by atoms with Gasteiger partial charge in [-0.15, -0.1) is 23.7 Å². The topological polar surface area (TPSA) is 112 Å². The molecular weight excluding hydrogens is 376 g/mol. The van der Waals surface area contributed by atoms with Crippen LogP contribution in [-0.4, -0.2) is 25.8 Å². The maximum absolute atomic E-state index is 12.5. The Hall–Kier alpha value is -1.97. The largest absolute Gasteiger partial charge is 0.340 e. The zero-order valence-corrected chi connectivity index (χ0v) is 16.4. The fourth-order valence-electron chi connectivity index (χ4n) is 3.04. The Morgan fingerprint density at radius 3 is 2.85 bits per heavy atom. The predicted octanol–water partition coefficient (Wildman–Crippen LogP) is 2.58. The minimum absolute atomic E-state index is 0. The summed E-state index contributed by atoms with van der Waals surface area (Å²) >= 11 is 1.41. The number of nitrogens with two attached hydrogens (primary N) is 1. The van der Waals surface area contributed by atoms with Crippen molar-refractivity contribution in [1.82, 2.24) is 25.2 Å². The van der Waals surface area contributed by atoms with Crippen LogP contribution in [0.2, 0.25) is 0 Å². The Bertz CT molecular complexity index is 923. The van der Waals surface area contributed by atoms with Gasteiger partial charge >= 0.3 is 0 Å². The van der Waals surface area contributed by atoms with Gasteiger partial charge < -0.3 is 15.6 Å². The number of hydrogen-bond donors (Lipinski definition) is 2. The van der Waals surface area contributed by atoms with Gasteiger partial charge in [0.2, 0.25) is 5.89 Å². The Balaban J connectivity index is 0.00000196. The number of thiophene rings is 1. The Labute approximate surface area is 160 Å². The Kier molecular flexibility index (Phi) is 4.80. The highest BCUT2D eigenvalue weighted by Crippen LogP contribution is 2.37. The van der Waals surface area contributed by atoms with E-state index in [1.807, 2.05) is 27.0 Å². The fourth-order valence-corrected chi connectivity index (χ4v) is 4.07. The van der Waals surface area contributed by atoms with E-state index in [9.17, 15) is 4.79 Å². The molecule has 3 aromatic heterocycles. The molecule has 4 rings (SSSR count). The molecule has 0 bridgehead atoms. The summed E-state index contributed by atoms with van der Waals surface area (Å²) in [4.78, 5) is 18.5. The first-order chi connectivity index (χ1) is 11.9. The molecule has 0 radical (unpaired) electrons. The van der Waals surface area contributed by atoms with Gasteiger partial charge in [0.15, 0.2) is 5.82 Å². The second-order valence-electron chi connectivity index (χ2n) is 6.70. The number of nitrogens with one attached hydrogen (secondary N) is 1. The van der Waals surface area contributed by atoms with Crippen molar-refractivity contribution >= 4 is 39.9 Å². The summed E-state index contributed by atoms with van der Waals surface area (Å²) in [5, 5.41) is 12.2. The number of fused-ring (bicyclic) bond motifs is 1.